The minimum atomic E-state index is -9.75. The van der Waals surface area contributed by atoms with Crippen molar-refractivity contribution in [3.63, 3.8) is 0 Å². The molecule has 0 amide bonds. The second kappa shape index (κ2) is 3.12. The molecular weight excluding hydrogens is 265 g/mol. The topological polar surface area (TPSA) is 20.3 Å². The monoisotopic (exact) mass is 275 g/mol. The molecule has 0 atom stereocenters. The molecule has 0 heterocycles. The normalized spacial score (nSPS) is 15.9. The van der Waals surface area contributed by atoms with E-state index in [4.69, 9.17) is 0 Å². The number of carbonyl (C=O) groups excluding carboxylic acids is 1. The quantitative estimate of drug-likeness (QED) is 0.608. The number of hydrogen-bond acceptors (Lipinski definition) is 2. The van der Waals surface area contributed by atoms with E-state index in [2.05, 4.69) is 0 Å². The van der Waals surface area contributed by atoms with Crippen LogP contribution in [0.25, 0.3) is 0 Å². The molecule has 0 N–H and O–H groups in total. The first-order valence-corrected chi connectivity index (χ1v) is 6.30. The fourth-order valence-electron chi connectivity index (χ4n) is 1.15. The third kappa shape index (κ3) is 3.32. The number of rotatable bonds is 3. The smallest absolute Gasteiger partial charge is 0.310 e. The van der Waals surface area contributed by atoms with E-state index < -0.39 is 20.7 Å². The Balaban J connectivity index is 3.57. The molecule has 1 aromatic rings. The van der Waals surface area contributed by atoms with Gasteiger partial charge in [-0.2, -0.15) is 0 Å². The van der Waals surface area contributed by atoms with E-state index in [0.29, 0.717) is 6.07 Å². The van der Waals surface area contributed by atoms with E-state index in [0.717, 1.165) is 6.07 Å². The number of carbonyl (C=O) groups is 1. The Morgan fingerprint density at radius 1 is 1.06 bits per heavy atom. The third-order valence-electron chi connectivity index (χ3n) is 2.01. The van der Waals surface area contributed by atoms with Crippen LogP contribution in [0.2, 0.25) is 0 Å². The molecule has 17 heavy (non-hydrogen) atoms. The van der Waals surface area contributed by atoms with Gasteiger partial charge in [-0.25, -0.2) is 0 Å². The van der Waals surface area contributed by atoms with Gasteiger partial charge in [0, 0.05) is 25.3 Å². The third-order valence-corrected chi connectivity index (χ3v) is 3.14. The Morgan fingerprint density at radius 3 is 1.94 bits per heavy atom. The minimum Gasteiger partial charge on any atom is -0.378 e. The molecule has 0 spiro atoms. The summed E-state index contributed by atoms with van der Waals surface area (Å²) in [6.45, 7) is 0. The van der Waals surface area contributed by atoms with Gasteiger partial charge in [0.05, 0.1) is 0 Å². The molecule has 0 aromatic heterocycles. The Morgan fingerprint density at radius 2 is 1.59 bits per heavy atom. The number of halogens is 5. The predicted molar refractivity (Wildman–Crippen MR) is 57.6 cm³/mol. The minimum absolute atomic E-state index is 0.0972. The number of anilines is 1. The molecule has 0 aliphatic rings. The fraction of sp³-hybridized carbons (Fsp3) is 0.222. The largest absolute Gasteiger partial charge is 0.378 e. The van der Waals surface area contributed by atoms with Gasteiger partial charge in [-0.3, -0.25) is 4.79 Å². The van der Waals surface area contributed by atoms with Crippen molar-refractivity contribution in [3.8, 4) is 0 Å². The van der Waals surface area contributed by atoms with Crippen molar-refractivity contribution in [2.45, 2.75) is 4.90 Å². The van der Waals surface area contributed by atoms with Crippen molar-refractivity contribution in [3.05, 3.63) is 23.8 Å². The summed E-state index contributed by atoms with van der Waals surface area (Å²) in [5, 5.41) is 0. The lowest BCUT2D eigenvalue weighted by molar-refractivity contribution is 0.112. The van der Waals surface area contributed by atoms with Gasteiger partial charge in [0.25, 0.3) is 0 Å². The summed E-state index contributed by atoms with van der Waals surface area (Å²) in [4.78, 5) is 9.60. The molecule has 2 nitrogen and oxygen atoms in total. The van der Waals surface area contributed by atoms with E-state index in [1.165, 1.54) is 19.0 Å². The molecule has 0 fully saturated rings. The molecule has 0 bridgehead atoms. The van der Waals surface area contributed by atoms with Crippen LogP contribution < -0.4 is 4.90 Å². The first-order valence-electron chi connectivity index (χ1n) is 4.35. The highest BCUT2D eigenvalue weighted by Gasteiger charge is 2.65. The zero-order valence-electron chi connectivity index (χ0n) is 8.96. The van der Waals surface area contributed by atoms with Crippen molar-refractivity contribution in [2.24, 2.45) is 0 Å². The Bertz CT molecular complexity index is 467. The van der Waals surface area contributed by atoms with Crippen LogP contribution in [0.15, 0.2) is 23.1 Å². The summed E-state index contributed by atoms with van der Waals surface area (Å²) in [5.41, 5.74) is -0.558. The maximum absolute atomic E-state index is 12.6. The second-order valence-corrected chi connectivity index (χ2v) is 6.15. The van der Waals surface area contributed by atoms with Crippen LogP contribution in [-0.2, 0) is 0 Å². The summed E-state index contributed by atoms with van der Waals surface area (Å²) < 4.78 is 62.9. The van der Waals surface area contributed by atoms with E-state index in [9.17, 15) is 24.2 Å². The lowest BCUT2D eigenvalue weighted by Crippen LogP contribution is -2.12. The van der Waals surface area contributed by atoms with E-state index in [1.54, 1.807) is 0 Å². The standard InChI is InChI=1S/C9H10F5NOS/c1-15(2)8-3-7(6-16)4-9(5-8)17(10,11,12,13)14/h3-6H,1-2H3. The second-order valence-electron chi connectivity index (χ2n) is 3.74. The van der Waals surface area contributed by atoms with Gasteiger partial charge in [0.2, 0.25) is 0 Å². The van der Waals surface area contributed by atoms with Gasteiger partial charge >= 0.3 is 10.2 Å². The van der Waals surface area contributed by atoms with E-state index in [1.807, 2.05) is 0 Å². The average Bonchev–Trinajstić information content (AvgIpc) is 2.13. The van der Waals surface area contributed by atoms with Crippen LogP contribution in [0.1, 0.15) is 10.4 Å². The van der Waals surface area contributed by atoms with Crippen LogP contribution in [0.3, 0.4) is 0 Å². The van der Waals surface area contributed by atoms with Gasteiger partial charge in [0.15, 0.2) is 0 Å². The van der Waals surface area contributed by atoms with Crippen molar-refractivity contribution < 1.29 is 24.2 Å². The SMILES string of the molecule is CN(C)c1cc(C=O)cc(S(F)(F)(F)(F)F)c1. The number of nitrogens with zero attached hydrogens (tertiary/aromatic N) is 1. The van der Waals surface area contributed by atoms with E-state index >= 15 is 0 Å². The van der Waals surface area contributed by atoms with Crippen LogP contribution in [-0.4, -0.2) is 20.4 Å². The van der Waals surface area contributed by atoms with Crippen molar-refractivity contribution in [2.75, 3.05) is 19.0 Å². The number of hydrogen-bond donors (Lipinski definition) is 0. The van der Waals surface area contributed by atoms with Crippen molar-refractivity contribution in [1.29, 1.82) is 0 Å². The molecule has 8 heteroatoms. The first kappa shape index (κ1) is 13.8. The summed E-state index contributed by atoms with van der Waals surface area (Å²) >= 11 is 0. The molecular formula is C9H10F5NOS. The maximum Gasteiger partial charge on any atom is 0.310 e. The zero-order chi connectivity index (χ0) is 13.5. The fourth-order valence-corrected chi connectivity index (χ4v) is 1.86. The molecule has 98 valence electrons. The van der Waals surface area contributed by atoms with Crippen molar-refractivity contribution >= 4 is 22.2 Å². The van der Waals surface area contributed by atoms with Gasteiger partial charge in [-0.1, -0.05) is 19.4 Å². The first-order chi connectivity index (χ1) is 7.33. The maximum atomic E-state index is 12.6. The highest BCUT2D eigenvalue weighted by molar-refractivity contribution is 8.45. The molecule has 0 aliphatic heterocycles. The van der Waals surface area contributed by atoms with Gasteiger partial charge in [-0.05, 0) is 18.2 Å². The summed E-state index contributed by atoms with van der Waals surface area (Å²) in [7, 11) is -6.97. The van der Waals surface area contributed by atoms with Crippen LogP contribution in [0, 0.1) is 0 Å². The molecule has 0 radical (unpaired) electrons. The highest BCUT2D eigenvalue weighted by atomic mass is 32.5. The summed E-state index contributed by atoms with van der Waals surface area (Å²) in [6.07, 6.45) is 0.0972. The molecule has 0 aliphatic carbocycles. The zero-order valence-corrected chi connectivity index (χ0v) is 9.78. The van der Waals surface area contributed by atoms with Gasteiger partial charge in [0.1, 0.15) is 11.2 Å². The lowest BCUT2D eigenvalue weighted by atomic mass is 10.2. The Labute approximate surface area is 94.7 Å². The van der Waals surface area contributed by atoms with Crippen molar-refractivity contribution in [1.82, 2.24) is 0 Å². The van der Waals surface area contributed by atoms with Crippen LogP contribution >= 0.6 is 10.2 Å². The highest BCUT2D eigenvalue weighted by Crippen LogP contribution is 3.02. The van der Waals surface area contributed by atoms with Gasteiger partial charge in [-0.15, -0.1) is 0 Å². The molecule has 1 aromatic carbocycles. The molecule has 1 rings (SSSR count). The number of aldehydes is 1. The van der Waals surface area contributed by atoms with Gasteiger partial charge < -0.3 is 4.90 Å². The summed E-state index contributed by atoms with van der Waals surface area (Å²) in [5.74, 6) is 0. The van der Waals surface area contributed by atoms with Crippen LogP contribution in [0.4, 0.5) is 25.1 Å². The molecule has 0 saturated carbocycles. The average molecular weight is 275 g/mol. The van der Waals surface area contributed by atoms with E-state index in [-0.39, 0.29) is 18.0 Å². The molecule has 0 unspecified atom stereocenters. The molecule has 0 saturated heterocycles. The lowest BCUT2D eigenvalue weighted by Gasteiger charge is -2.41. The van der Waals surface area contributed by atoms with Crippen LogP contribution in [0.5, 0.6) is 0 Å². The Kier molecular flexibility index (Phi) is 2.53. The summed E-state index contributed by atoms with van der Waals surface area (Å²) in [6, 6.07) is 1.58. The Hall–Kier alpha value is -1.31. The predicted octanol–water partition coefficient (Wildman–Crippen LogP) is 4.22. The number of benzene rings is 1.